The lowest BCUT2D eigenvalue weighted by Crippen LogP contribution is -2.30. The van der Waals surface area contributed by atoms with Gasteiger partial charge < -0.3 is 9.94 Å². The quantitative estimate of drug-likeness (QED) is 0.583. The molecule has 60 valence electrons. The maximum absolute atomic E-state index is 11.2. The maximum Gasteiger partial charge on any atom is 0.525 e. The summed E-state index contributed by atoms with van der Waals surface area (Å²) in [5.74, 6) is 0. The van der Waals surface area contributed by atoms with Crippen molar-refractivity contribution < 1.29 is 27.9 Å². The zero-order valence-corrected chi connectivity index (χ0v) is 4.60. The SMILES string of the molecule is O=C(O)ONCC(F)(F)F. The molecule has 7 heteroatoms. The average Bonchev–Trinajstić information content (AvgIpc) is 1.59. The Labute approximate surface area is 53.5 Å². The van der Waals surface area contributed by atoms with Gasteiger partial charge in [0.1, 0.15) is 6.54 Å². The molecule has 0 aliphatic heterocycles. The number of hydrogen-bond acceptors (Lipinski definition) is 3. The van der Waals surface area contributed by atoms with Crippen molar-refractivity contribution in [3.63, 3.8) is 0 Å². The number of rotatable bonds is 2. The molecule has 2 N–H and O–H groups in total. The van der Waals surface area contributed by atoms with E-state index in [9.17, 15) is 18.0 Å². The van der Waals surface area contributed by atoms with E-state index in [0.717, 1.165) is 0 Å². The zero-order valence-electron chi connectivity index (χ0n) is 4.60. The van der Waals surface area contributed by atoms with Crippen LogP contribution in [0.15, 0.2) is 0 Å². The minimum absolute atomic E-state index is 1.20. The van der Waals surface area contributed by atoms with Gasteiger partial charge in [0.15, 0.2) is 0 Å². The Bertz CT molecular complexity index is 123. The van der Waals surface area contributed by atoms with Crippen LogP contribution in [-0.4, -0.2) is 24.0 Å². The summed E-state index contributed by atoms with van der Waals surface area (Å²) in [5.41, 5.74) is 1.20. The van der Waals surface area contributed by atoms with Gasteiger partial charge in [0.25, 0.3) is 0 Å². The van der Waals surface area contributed by atoms with Crippen molar-refractivity contribution in [2.24, 2.45) is 0 Å². The standard InChI is InChI=1S/C3H4F3NO3/c4-3(5,6)1-7-10-2(8)9/h7H,1H2,(H,8,9). The van der Waals surface area contributed by atoms with Crippen LogP contribution in [0.1, 0.15) is 0 Å². The number of carboxylic acid groups (broad SMARTS) is 1. The van der Waals surface area contributed by atoms with E-state index in [4.69, 9.17) is 5.11 Å². The van der Waals surface area contributed by atoms with E-state index in [0.29, 0.717) is 0 Å². The molecule has 0 aliphatic rings. The number of carbonyl (C=O) groups is 1. The van der Waals surface area contributed by atoms with Crippen LogP contribution in [-0.2, 0) is 4.84 Å². The van der Waals surface area contributed by atoms with Crippen molar-refractivity contribution in [1.29, 1.82) is 0 Å². The van der Waals surface area contributed by atoms with Crippen LogP contribution in [0.4, 0.5) is 18.0 Å². The highest BCUT2D eigenvalue weighted by molar-refractivity contribution is 5.56. The number of hydrogen-bond donors (Lipinski definition) is 2. The highest BCUT2D eigenvalue weighted by Crippen LogP contribution is 2.11. The Hall–Kier alpha value is -0.980. The van der Waals surface area contributed by atoms with Crippen LogP contribution < -0.4 is 5.48 Å². The van der Waals surface area contributed by atoms with E-state index in [1.807, 2.05) is 0 Å². The molecule has 0 aromatic rings. The van der Waals surface area contributed by atoms with Gasteiger partial charge in [0.2, 0.25) is 0 Å². The molecule has 0 atom stereocenters. The van der Waals surface area contributed by atoms with Gasteiger partial charge in [-0.05, 0) is 0 Å². The summed E-state index contributed by atoms with van der Waals surface area (Å²) in [5, 5.41) is 7.66. The third-order valence-corrected chi connectivity index (χ3v) is 0.432. The van der Waals surface area contributed by atoms with Crippen molar-refractivity contribution in [3.05, 3.63) is 0 Å². The summed E-state index contributed by atoms with van der Waals surface area (Å²) < 4.78 is 33.5. The van der Waals surface area contributed by atoms with Gasteiger partial charge in [0, 0.05) is 0 Å². The van der Waals surface area contributed by atoms with E-state index in [2.05, 4.69) is 4.84 Å². The first kappa shape index (κ1) is 9.02. The van der Waals surface area contributed by atoms with Gasteiger partial charge in [-0.3, -0.25) is 0 Å². The molecule has 0 aromatic heterocycles. The summed E-state index contributed by atoms with van der Waals surface area (Å²) >= 11 is 0. The minimum atomic E-state index is -4.46. The molecular weight excluding hydrogens is 155 g/mol. The van der Waals surface area contributed by atoms with Gasteiger partial charge in [-0.15, -0.1) is 5.48 Å². The first-order chi connectivity index (χ1) is 4.42. The fourth-order valence-corrected chi connectivity index (χ4v) is 0.180. The Morgan fingerprint density at radius 1 is 1.60 bits per heavy atom. The van der Waals surface area contributed by atoms with E-state index >= 15 is 0 Å². The first-order valence-electron chi connectivity index (χ1n) is 2.11. The predicted molar refractivity (Wildman–Crippen MR) is 23.2 cm³/mol. The van der Waals surface area contributed by atoms with Gasteiger partial charge in [-0.25, -0.2) is 4.79 Å². The molecule has 0 saturated heterocycles. The normalized spacial score (nSPS) is 11.1. The summed E-state index contributed by atoms with van der Waals surface area (Å²) in [6.45, 7) is -1.49. The second-order valence-corrected chi connectivity index (χ2v) is 1.30. The van der Waals surface area contributed by atoms with Crippen LogP contribution in [0.3, 0.4) is 0 Å². The Morgan fingerprint density at radius 3 is 2.40 bits per heavy atom. The number of halogens is 3. The van der Waals surface area contributed by atoms with Crippen LogP contribution in [0, 0.1) is 0 Å². The summed E-state index contributed by atoms with van der Waals surface area (Å²) in [7, 11) is 0. The lowest BCUT2D eigenvalue weighted by Gasteiger charge is -2.04. The Balaban J connectivity index is 3.29. The molecule has 0 rings (SSSR count). The highest BCUT2D eigenvalue weighted by atomic mass is 19.4. The number of alkyl halides is 3. The molecule has 0 bridgehead atoms. The van der Waals surface area contributed by atoms with E-state index in [-0.39, 0.29) is 0 Å². The predicted octanol–water partition coefficient (Wildman–Crippen LogP) is 0.748. The van der Waals surface area contributed by atoms with E-state index < -0.39 is 18.9 Å². The second kappa shape index (κ2) is 3.25. The van der Waals surface area contributed by atoms with Gasteiger partial charge in [-0.1, -0.05) is 0 Å². The van der Waals surface area contributed by atoms with Crippen molar-refractivity contribution in [2.75, 3.05) is 6.54 Å². The second-order valence-electron chi connectivity index (χ2n) is 1.30. The van der Waals surface area contributed by atoms with Gasteiger partial charge in [0.05, 0.1) is 0 Å². The molecule has 0 fully saturated rings. The summed E-state index contributed by atoms with van der Waals surface area (Å²) in [4.78, 5) is 12.8. The minimum Gasteiger partial charge on any atom is -0.448 e. The molecule has 0 aliphatic carbocycles. The van der Waals surface area contributed by atoms with Crippen molar-refractivity contribution in [2.45, 2.75) is 6.18 Å². The van der Waals surface area contributed by atoms with Crippen LogP contribution in [0.2, 0.25) is 0 Å². The van der Waals surface area contributed by atoms with E-state index in [1.54, 1.807) is 0 Å². The van der Waals surface area contributed by atoms with Crippen molar-refractivity contribution in [3.8, 4) is 0 Å². The van der Waals surface area contributed by atoms with Crippen molar-refractivity contribution >= 4 is 6.16 Å². The Kier molecular flexibility index (Phi) is 2.94. The summed E-state index contributed by atoms with van der Waals surface area (Å²) in [6, 6.07) is 0. The average molecular weight is 159 g/mol. The fraction of sp³-hybridized carbons (Fsp3) is 0.667. The van der Waals surface area contributed by atoms with E-state index in [1.165, 1.54) is 5.48 Å². The number of nitrogens with one attached hydrogen (secondary N) is 1. The Morgan fingerprint density at radius 2 is 2.10 bits per heavy atom. The largest absolute Gasteiger partial charge is 0.525 e. The smallest absolute Gasteiger partial charge is 0.448 e. The molecule has 0 amide bonds. The van der Waals surface area contributed by atoms with Crippen LogP contribution in [0.5, 0.6) is 0 Å². The zero-order chi connectivity index (χ0) is 8.20. The van der Waals surface area contributed by atoms with Crippen LogP contribution >= 0.6 is 0 Å². The number of hydroxylamine groups is 1. The lowest BCUT2D eigenvalue weighted by molar-refractivity contribution is -0.142. The van der Waals surface area contributed by atoms with Gasteiger partial charge in [-0.2, -0.15) is 13.2 Å². The lowest BCUT2D eigenvalue weighted by atomic mass is 10.7. The summed E-state index contributed by atoms with van der Waals surface area (Å²) in [6.07, 6.45) is -6.26. The highest BCUT2D eigenvalue weighted by Gasteiger charge is 2.27. The molecular formula is C3H4F3NO3. The monoisotopic (exact) mass is 159 g/mol. The van der Waals surface area contributed by atoms with Gasteiger partial charge >= 0.3 is 12.3 Å². The molecule has 0 saturated carbocycles. The topological polar surface area (TPSA) is 58.6 Å². The van der Waals surface area contributed by atoms with Crippen LogP contribution in [0.25, 0.3) is 0 Å². The molecule has 0 aromatic carbocycles. The molecule has 0 heterocycles. The molecule has 0 unspecified atom stereocenters. The molecule has 0 radical (unpaired) electrons. The molecule has 0 spiro atoms. The third-order valence-electron chi connectivity index (χ3n) is 0.432. The molecule has 10 heavy (non-hydrogen) atoms. The third kappa shape index (κ3) is 7.02. The van der Waals surface area contributed by atoms with Crippen molar-refractivity contribution in [1.82, 2.24) is 5.48 Å². The maximum atomic E-state index is 11.2. The first-order valence-corrected chi connectivity index (χ1v) is 2.11. The molecule has 4 nitrogen and oxygen atoms in total. The fourth-order valence-electron chi connectivity index (χ4n) is 0.180.